The zero-order valence-electron chi connectivity index (χ0n) is 13.6. The molecule has 1 aromatic heterocycles. The smallest absolute Gasteiger partial charge is 0.181 e. The second-order valence-electron chi connectivity index (χ2n) is 6.40. The van der Waals surface area contributed by atoms with Crippen LogP contribution in [-0.4, -0.2) is 32.0 Å². The summed E-state index contributed by atoms with van der Waals surface area (Å²) in [6, 6.07) is 3.38. The van der Waals surface area contributed by atoms with Crippen LogP contribution in [0.2, 0.25) is 0 Å². The molecule has 1 aliphatic rings. The average molecular weight is 336 g/mol. The van der Waals surface area contributed by atoms with E-state index in [1.807, 2.05) is 4.68 Å². The summed E-state index contributed by atoms with van der Waals surface area (Å²) >= 11 is 0. The number of unbranched alkanes of at least 4 members (excludes halogenated alkanes) is 1. The van der Waals surface area contributed by atoms with E-state index in [1.165, 1.54) is 6.07 Å². The number of aliphatic hydroxyl groups excluding tert-OH is 1. The lowest BCUT2D eigenvalue weighted by Crippen LogP contribution is -2.28. The van der Waals surface area contributed by atoms with Crippen LogP contribution < -0.4 is 5.73 Å². The lowest BCUT2D eigenvalue weighted by Gasteiger charge is -2.10. The maximum Gasteiger partial charge on any atom is 0.181 e. The van der Waals surface area contributed by atoms with Crippen LogP contribution in [0.5, 0.6) is 0 Å². The Hall–Kier alpha value is -1.86. The first-order valence-corrected chi connectivity index (χ1v) is 8.33. The Bertz CT molecular complexity index is 709. The summed E-state index contributed by atoms with van der Waals surface area (Å²) in [4.78, 5) is 4.55. The van der Waals surface area contributed by atoms with Gasteiger partial charge in [-0.05, 0) is 37.5 Å². The van der Waals surface area contributed by atoms with E-state index < -0.39 is 17.7 Å². The Morgan fingerprint density at radius 1 is 1.29 bits per heavy atom. The largest absolute Gasteiger partial charge is 0.391 e. The molecule has 5 nitrogen and oxygen atoms in total. The number of aryl methyl sites for hydroxylation is 1. The maximum absolute atomic E-state index is 13.5. The SMILES string of the molecule is CCCCn1nc(-c2ccc(F)c(F)c2)nc1[C@H]1C[C@@H](N)[C@H](O)C1. The van der Waals surface area contributed by atoms with Crippen LogP contribution in [0.15, 0.2) is 18.2 Å². The third-order valence-corrected chi connectivity index (χ3v) is 4.54. The minimum Gasteiger partial charge on any atom is -0.391 e. The zero-order valence-corrected chi connectivity index (χ0v) is 13.6. The van der Waals surface area contributed by atoms with Crippen molar-refractivity contribution in [1.82, 2.24) is 14.8 Å². The molecule has 1 aromatic carbocycles. The van der Waals surface area contributed by atoms with Gasteiger partial charge in [0.05, 0.1) is 6.10 Å². The normalized spacial score (nSPS) is 23.8. The van der Waals surface area contributed by atoms with E-state index in [9.17, 15) is 13.9 Å². The maximum atomic E-state index is 13.5. The third kappa shape index (κ3) is 3.32. The number of halogens is 2. The van der Waals surface area contributed by atoms with Crippen molar-refractivity contribution in [2.75, 3.05) is 0 Å². The van der Waals surface area contributed by atoms with Gasteiger partial charge in [-0.3, -0.25) is 0 Å². The van der Waals surface area contributed by atoms with Crippen LogP contribution in [-0.2, 0) is 6.54 Å². The van der Waals surface area contributed by atoms with Crippen LogP contribution in [0, 0.1) is 11.6 Å². The number of rotatable bonds is 5. The number of nitrogens with zero attached hydrogens (tertiary/aromatic N) is 3. The molecule has 0 saturated heterocycles. The van der Waals surface area contributed by atoms with Gasteiger partial charge < -0.3 is 10.8 Å². The Kier molecular flexibility index (Phi) is 4.91. The number of benzene rings is 1. The molecule has 3 N–H and O–H groups in total. The summed E-state index contributed by atoms with van der Waals surface area (Å²) in [6.07, 6.45) is 2.59. The Balaban J connectivity index is 1.95. The predicted molar refractivity (Wildman–Crippen MR) is 86.2 cm³/mol. The molecule has 130 valence electrons. The van der Waals surface area contributed by atoms with Gasteiger partial charge in [0.15, 0.2) is 17.5 Å². The van der Waals surface area contributed by atoms with Gasteiger partial charge in [0.1, 0.15) is 5.82 Å². The summed E-state index contributed by atoms with van der Waals surface area (Å²) < 4.78 is 28.4. The average Bonchev–Trinajstić information content (AvgIpc) is 3.12. The molecule has 1 aliphatic carbocycles. The molecule has 1 fully saturated rings. The fourth-order valence-electron chi connectivity index (χ4n) is 3.15. The number of nitrogens with two attached hydrogens (primary N) is 1. The first-order valence-electron chi connectivity index (χ1n) is 8.33. The molecular formula is C17H22F2N4O. The second-order valence-corrected chi connectivity index (χ2v) is 6.40. The van der Waals surface area contributed by atoms with E-state index in [0.29, 0.717) is 30.8 Å². The highest BCUT2D eigenvalue weighted by atomic mass is 19.2. The fourth-order valence-corrected chi connectivity index (χ4v) is 3.15. The number of hydrogen-bond acceptors (Lipinski definition) is 4. The monoisotopic (exact) mass is 336 g/mol. The van der Waals surface area contributed by atoms with Crippen LogP contribution in [0.4, 0.5) is 8.78 Å². The van der Waals surface area contributed by atoms with Gasteiger partial charge in [-0.25, -0.2) is 18.4 Å². The summed E-state index contributed by atoms with van der Waals surface area (Å²) in [5.41, 5.74) is 6.35. The van der Waals surface area contributed by atoms with Crippen molar-refractivity contribution in [3.63, 3.8) is 0 Å². The summed E-state index contributed by atoms with van der Waals surface area (Å²) in [5, 5.41) is 14.4. The van der Waals surface area contributed by atoms with Crippen molar-refractivity contribution < 1.29 is 13.9 Å². The molecule has 2 aromatic rings. The predicted octanol–water partition coefficient (Wildman–Crippen LogP) is 2.59. The minimum atomic E-state index is -0.919. The van der Waals surface area contributed by atoms with Crippen molar-refractivity contribution in [3.05, 3.63) is 35.7 Å². The molecule has 24 heavy (non-hydrogen) atoms. The summed E-state index contributed by atoms with van der Waals surface area (Å²) in [6.45, 7) is 2.78. The number of aliphatic hydroxyl groups is 1. The highest BCUT2D eigenvalue weighted by Crippen LogP contribution is 2.34. The minimum absolute atomic E-state index is 0.0263. The molecule has 0 spiro atoms. The van der Waals surface area contributed by atoms with Gasteiger partial charge in [0, 0.05) is 24.1 Å². The second kappa shape index (κ2) is 6.94. The van der Waals surface area contributed by atoms with Crippen LogP contribution >= 0.6 is 0 Å². The van der Waals surface area contributed by atoms with Crippen molar-refractivity contribution >= 4 is 0 Å². The first-order chi connectivity index (χ1) is 11.5. The van der Waals surface area contributed by atoms with E-state index in [2.05, 4.69) is 17.0 Å². The van der Waals surface area contributed by atoms with E-state index >= 15 is 0 Å². The molecule has 0 amide bonds. The lowest BCUT2D eigenvalue weighted by molar-refractivity contribution is 0.163. The molecule has 1 saturated carbocycles. The van der Waals surface area contributed by atoms with Crippen molar-refractivity contribution in [3.8, 4) is 11.4 Å². The van der Waals surface area contributed by atoms with Gasteiger partial charge in [0.25, 0.3) is 0 Å². The molecule has 0 aliphatic heterocycles. The Labute approximate surface area is 139 Å². The van der Waals surface area contributed by atoms with Gasteiger partial charge in [-0.15, -0.1) is 0 Å². The molecule has 0 unspecified atom stereocenters. The van der Waals surface area contributed by atoms with E-state index in [0.717, 1.165) is 30.8 Å². The number of hydrogen-bond donors (Lipinski definition) is 2. The summed E-state index contributed by atoms with van der Waals surface area (Å²) in [5.74, 6) is -0.657. The highest BCUT2D eigenvalue weighted by Gasteiger charge is 2.34. The molecule has 1 heterocycles. The van der Waals surface area contributed by atoms with Gasteiger partial charge >= 0.3 is 0 Å². The van der Waals surface area contributed by atoms with Gasteiger partial charge in [-0.1, -0.05) is 13.3 Å². The van der Waals surface area contributed by atoms with E-state index in [4.69, 9.17) is 5.73 Å². The van der Waals surface area contributed by atoms with Gasteiger partial charge in [0.2, 0.25) is 0 Å². The molecule has 0 bridgehead atoms. The molecule has 3 rings (SSSR count). The van der Waals surface area contributed by atoms with Gasteiger partial charge in [-0.2, -0.15) is 5.10 Å². The standard InChI is InChI=1S/C17H22F2N4O/c1-2-3-6-23-17(11-8-14(20)15(24)9-11)21-16(22-23)10-4-5-12(18)13(19)7-10/h4-5,7,11,14-15,24H,2-3,6,8-9,20H2,1H3/t11-,14+,15+/m0/s1. The Morgan fingerprint density at radius 3 is 2.71 bits per heavy atom. The van der Waals surface area contributed by atoms with Crippen molar-refractivity contribution in [1.29, 1.82) is 0 Å². The van der Waals surface area contributed by atoms with Crippen LogP contribution in [0.3, 0.4) is 0 Å². The van der Waals surface area contributed by atoms with Crippen LogP contribution in [0.1, 0.15) is 44.3 Å². The van der Waals surface area contributed by atoms with Crippen molar-refractivity contribution in [2.45, 2.75) is 57.2 Å². The molecule has 3 atom stereocenters. The third-order valence-electron chi connectivity index (χ3n) is 4.54. The first kappa shape index (κ1) is 17.0. The number of aromatic nitrogens is 3. The summed E-state index contributed by atoms with van der Waals surface area (Å²) in [7, 11) is 0. The van der Waals surface area contributed by atoms with Crippen molar-refractivity contribution in [2.24, 2.45) is 5.73 Å². The van der Waals surface area contributed by atoms with Crippen LogP contribution in [0.25, 0.3) is 11.4 Å². The Morgan fingerprint density at radius 2 is 2.08 bits per heavy atom. The fraction of sp³-hybridized carbons (Fsp3) is 0.529. The molecule has 7 heteroatoms. The quantitative estimate of drug-likeness (QED) is 0.880. The molecule has 0 radical (unpaired) electrons. The molecular weight excluding hydrogens is 314 g/mol. The highest BCUT2D eigenvalue weighted by molar-refractivity contribution is 5.54. The lowest BCUT2D eigenvalue weighted by atomic mass is 10.1. The van der Waals surface area contributed by atoms with E-state index in [-0.39, 0.29) is 12.0 Å². The zero-order chi connectivity index (χ0) is 17.3. The topological polar surface area (TPSA) is 77.0 Å². The van der Waals surface area contributed by atoms with E-state index in [1.54, 1.807) is 0 Å².